The SMILES string of the molecule is ICOCC12CCCN1CCC2. The highest BCUT2D eigenvalue weighted by Crippen LogP contribution is 2.38. The molecule has 0 spiro atoms. The maximum absolute atomic E-state index is 5.57. The summed E-state index contributed by atoms with van der Waals surface area (Å²) in [6.07, 6.45) is 5.49. The van der Waals surface area contributed by atoms with Gasteiger partial charge in [-0.05, 0) is 38.8 Å². The molecule has 2 rings (SSSR count). The van der Waals surface area contributed by atoms with Gasteiger partial charge in [-0.2, -0.15) is 0 Å². The third kappa shape index (κ3) is 1.51. The van der Waals surface area contributed by atoms with E-state index in [-0.39, 0.29) is 0 Å². The van der Waals surface area contributed by atoms with E-state index in [2.05, 4.69) is 27.5 Å². The molecule has 0 aromatic rings. The molecule has 0 N–H and O–H groups in total. The maximum Gasteiger partial charge on any atom is 0.0980 e. The molecule has 0 bridgehead atoms. The van der Waals surface area contributed by atoms with Gasteiger partial charge in [0.25, 0.3) is 0 Å². The highest BCUT2D eigenvalue weighted by molar-refractivity contribution is 14.1. The summed E-state index contributed by atoms with van der Waals surface area (Å²) in [5, 5.41) is 0. The molecule has 2 aliphatic rings. The molecule has 2 fully saturated rings. The summed E-state index contributed by atoms with van der Waals surface area (Å²) in [6, 6.07) is 0. The zero-order chi connectivity index (χ0) is 8.44. The van der Waals surface area contributed by atoms with Gasteiger partial charge in [0.15, 0.2) is 0 Å². The van der Waals surface area contributed by atoms with Gasteiger partial charge in [0, 0.05) is 5.54 Å². The summed E-state index contributed by atoms with van der Waals surface area (Å²) in [7, 11) is 0. The van der Waals surface area contributed by atoms with Crippen LogP contribution in [0.3, 0.4) is 0 Å². The third-order valence-electron chi connectivity index (χ3n) is 3.26. The Morgan fingerprint density at radius 2 is 1.92 bits per heavy atom. The molecule has 0 saturated carbocycles. The monoisotopic (exact) mass is 281 g/mol. The highest BCUT2D eigenvalue weighted by Gasteiger charge is 2.44. The summed E-state index contributed by atoms with van der Waals surface area (Å²) in [6.45, 7) is 3.59. The minimum absolute atomic E-state index is 0.463. The van der Waals surface area contributed by atoms with Gasteiger partial charge in [0.05, 0.1) is 11.2 Å². The van der Waals surface area contributed by atoms with Crippen molar-refractivity contribution < 1.29 is 4.74 Å². The van der Waals surface area contributed by atoms with Gasteiger partial charge >= 0.3 is 0 Å². The standard InChI is InChI=1S/C9H16INO/c10-8-12-7-9-3-1-5-11(9)6-2-4-9/h1-8H2. The van der Waals surface area contributed by atoms with Crippen LogP contribution < -0.4 is 0 Å². The Labute approximate surface area is 87.8 Å². The van der Waals surface area contributed by atoms with Crippen LogP contribution in [0.1, 0.15) is 25.7 Å². The van der Waals surface area contributed by atoms with Gasteiger partial charge in [0.1, 0.15) is 0 Å². The predicted octanol–water partition coefficient (Wildman–Crippen LogP) is 2.02. The van der Waals surface area contributed by atoms with Crippen molar-refractivity contribution in [2.24, 2.45) is 0 Å². The number of hydrogen-bond donors (Lipinski definition) is 0. The normalized spacial score (nSPS) is 27.8. The van der Waals surface area contributed by atoms with Crippen molar-refractivity contribution in [3.8, 4) is 0 Å². The number of fused-ring (bicyclic) bond motifs is 1. The first-order valence-electron chi connectivity index (χ1n) is 4.76. The van der Waals surface area contributed by atoms with Crippen LogP contribution in [0.2, 0.25) is 0 Å². The van der Waals surface area contributed by atoms with Gasteiger partial charge in [-0.3, -0.25) is 4.90 Å². The van der Waals surface area contributed by atoms with Crippen LogP contribution in [0.15, 0.2) is 0 Å². The summed E-state index contributed by atoms with van der Waals surface area (Å²) >= 11 is 2.28. The van der Waals surface area contributed by atoms with Crippen molar-refractivity contribution >= 4 is 22.6 Å². The van der Waals surface area contributed by atoms with E-state index in [0.29, 0.717) is 5.54 Å². The second kappa shape index (κ2) is 3.80. The fraction of sp³-hybridized carbons (Fsp3) is 1.00. The fourth-order valence-electron chi connectivity index (χ4n) is 2.69. The van der Waals surface area contributed by atoms with Gasteiger partial charge in [-0.15, -0.1) is 0 Å². The summed E-state index contributed by atoms with van der Waals surface area (Å²) in [5.74, 6) is 0. The molecule has 2 saturated heterocycles. The van der Waals surface area contributed by atoms with Gasteiger partial charge < -0.3 is 4.74 Å². The molecule has 2 aliphatic heterocycles. The molecule has 2 nitrogen and oxygen atoms in total. The zero-order valence-electron chi connectivity index (χ0n) is 7.39. The Balaban J connectivity index is 1.97. The largest absolute Gasteiger partial charge is 0.369 e. The molecule has 0 radical (unpaired) electrons. The van der Waals surface area contributed by atoms with Crippen LogP contribution in [0.4, 0.5) is 0 Å². The summed E-state index contributed by atoms with van der Waals surface area (Å²) in [4.78, 5) is 2.64. The van der Waals surface area contributed by atoms with E-state index in [0.717, 1.165) is 11.2 Å². The van der Waals surface area contributed by atoms with Crippen LogP contribution in [0.5, 0.6) is 0 Å². The molecule has 0 aliphatic carbocycles. The predicted molar refractivity (Wildman–Crippen MR) is 57.6 cm³/mol. The molecule has 0 atom stereocenters. The third-order valence-corrected chi connectivity index (χ3v) is 3.70. The van der Waals surface area contributed by atoms with Crippen molar-refractivity contribution in [2.45, 2.75) is 31.2 Å². The van der Waals surface area contributed by atoms with Gasteiger partial charge in [-0.1, -0.05) is 22.6 Å². The topological polar surface area (TPSA) is 12.5 Å². The first-order chi connectivity index (χ1) is 5.87. The van der Waals surface area contributed by atoms with Crippen LogP contribution in [0, 0.1) is 0 Å². The molecule has 0 aromatic heterocycles. The second-order valence-corrected chi connectivity index (χ2v) is 4.50. The quantitative estimate of drug-likeness (QED) is 0.579. The first kappa shape index (κ1) is 9.21. The lowest BCUT2D eigenvalue weighted by atomic mass is 9.95. The van der Waals surface area contributed by atoms with Gasteiger partial charge in [-0.25, -0.2) is 0 Å². The Bertz CT molecular complexity index is 153. The first-order valence-corrected chi connectivity index (χ1v) is 6.29. The second-order valence-electron chi connectivity index (χ2n) is 3.88. The summed E-state index contributed by atoms with van der Waals surface area (Å²) < 4.78 is 6.41. The van der Waals surface area contributed by atoms with E-state index in [1.54, 1.807) is 0 Å². The van der Waals surface area contributed by atoms with E-state index in [1.165, 1.54) is 38.8 Å². The fourth-order valence-corrected chi connectivity index (χ4v) is 2.91. The van der Waals surface area contributed by atoms with Crippen LogP contribution in [-0.2, 0) is 4.74 Å². The number of ether oxygens (including phenoxy) is 1. The number of rotatable bonds is 3. The van der Waals surface area contributed by atoms with Crippen LogP contribution in [0.25, 0.3) is 0 Å². The lowest BCUT2D eigenvalue weighted by Gasteiger charge is -2.31. The molecule has 0 unspecified atom stereocenters. The Morgan fingerprint density at radius 3 is 2.50 bits per heavy atom. The van der Waals surface area contributed by atoms with Crippen molar-refractivity contribution in [2.75, 3.05) is 24.3 Å². The molecular weight excluding hydrogens is 265 g/mol. The minimum atomic E-state index is 0.463. The average molecular weight is 281 g/mol. The van der Waals surface area contributed by atoms with E-state index >= 15 is 0 Å². The Hall–Kier alpha value is 0.650. The van der Waals surface area contributed by atoms with Crippen LogP contribution >= 0.6 is 22.6 Å². The van der Waals surface area contributed by atoms with E-state index in [9.17, 15) is 0 Å². The van der Waals surface area contributed by atoms with Gasteiger partial charge in [0.2, 0.25) is 0 Å². The van der Waals surface area contributed by atoms with Crippen molar-refractivity contribution in [1.29, 1.82) is 0 Å². The Morgan fingerprint density at radius 1 is 1.25 bits per heavy atom. The molecule has 2 heterocycles. The number of hydrogen-bond acceptors (Lipinski definition) is 2. The lowest BCUT2D eigenvalue weighted by Crippen LogP contribution is -2.42. The minimum Gasteiger partial charge on any atom is -0.369 e. The number of alkyl halides is 1. The molecule has 0 aromatic carbocycles. The lowest BCUT2D eigenvalue weighted by molar-refractivity contribution is 0.0620. The molecule has 0 amide bonds. The maximum atomic E-state index is 5.57. The number of nitrogens with zero attached hydrogens (tertiary/aromatic N) is 1. The van der Waals surface area contributed by atoms with Crippen molar-refractivity contribution in [3.63, 3.8) is 0 Å². The van der Waals surface area contributed by atoms with Crippen LogP contribution in [-0.4, -0.2) is 34.7 Å². The highest BCUT2D eigenvalue weighted by atomic mass is 127. The molecule has 70 valence electrons. The van der Waals surface area contributed by atoms with E-state index < -0.39 is 0 Å². The molecule has 12 heavy (non-hydrogen) atoms. The zero-order valence-corrected chi connectivity index (χ0v) is 9.55. The average Bonchev–Trinajstić information content (AvgIpc) is 2.58. The molecule has 3 heteroatoms. The summed E-state index contributed by atoms with van der Waals surface area (Å²) in [5.41, 5.74) is 0.463. The number of halogens is 1. The van der Waals surface area contributed by atoms with Crippen molar-refractivity contribution in [1.82, 2.24) is 4.90 Å². The van der Waals surface area contributed by atoms with Crippen molar-refractivity contribution in [3.05, 3.63) is 0 Å². The smallest absolute Gasteiger partial charge is 0.0980 e. The molecular formula is C9H16INO. The van der Waals surface area contributed by atoms with E-state index in [4.69, 9.17) is 4.74 Å². The van der Waals surface area contributed by atoms with E-state index in [1.807, 2.05) is 0 Å². The Kier molecular flexibility index (Phi) is 2.92.